The number of nitrogens with one attached hydrogen (secondary N) is 4. The summed E-state index contributed by atoms with van der Waals surface area (Å²) in [6.07, 6.45) is 3.26. The predicted octanol–water partition coefficient (Wildman–Crippen LogP) is 5.79. The normalized spacial score (nSPS) is 16.5. The molecule has 0 bridgehead atoms. The van der Waals surface area contributed by atoms with Crippen molar-refractivity contribution in [1.82, 2.24) is 25.8 Å². The highest BCUT2D eigenvalue weighted by atomic mass is 19.4. The van der Waals surface area contributed by atoms with E-state index >= 15 is 0 Å². The van der Waals surface area contributed by atoms with Crippen LogP contribution in [0, 0.1) is 5.92 Å². The molecule has 0 spiro atoms. The molecule has 2 rings (SSSR count). The number of hydrogen-bond donors (Lipinski definition) is 4. The van der Waals surface area contributed by atoms with Gasteiger partial charge in [0.25, 0.3) is 0 Å². The second-order valence-electron chi connectivity index (χ2n) is 12.3. The standard InChI is InChI=1S/C35H55F3N8O2.C2H6/c1-6-8-19-45(18-7-2)22-23-46(21-17-40-26-47)20-16-28-12-14-29(15-13-28)41-25-42-33(31(24-39-5)35(36,37)38)44-32-11-9-10-30(32)34(48)43-27(3)4;1-2/h6,12-15,24,26-27,30,32,41H,1,5,7-11,16-23,25H2,2-4H3,(H,40,47)(H,42,44)(H,43,48);1-2H3/b31-24+;. The van der Waals surface area contributed by atoms with E-state index in [9.17, 15) is 22.8 Å². The summed E-state index contributed by atoms with van der Waals surface area (Å²) in [4.78, 5) is 35.9. The number of hydrogen-bond acceptors (Lipinski definition) is 7. The van der Waals surface area contributed by atoms with E-state index < -0.39 is 23.7 Å². The summed E-state index contributed by atoms with van der Waals surface area (Å²) in [6, 6.07) is 7.16. The fraction of sp³-hybridized carbons (Fsp3) is 0.622. The Morgan fingerprint density at radius 2 is 1.72 bits per heavy atom. The van der Waals surface area contributed by atoms with E-state index in [-0.39, 0.29) is 24.5 Å². The smallest absolute Gasteiger partial charge is 0.366 e. The number of alkyl halides is 3. The van der Waals surface area contributed by atoms with Crippen LogP contribution in [-0.4, -0.2) is 105 Å². The maximum absolute atomic E-state index is 14.0. The van der Waals surface area contributed by atoms with Crippen molar-refractivity contribution >= 4 is 30.6 Å². The lowest BCUT2D eigenvalue weighted by atomic mass is 10.0. The third-order valence-corrected chi connectivity index (χ3v) is 8.16. The summed E-state index contributed by atoms with van der Waals surface area (Å²) in [5.41, 5.74) is 0.778. The average molecular weight is 707 g/mol. The van der Waals surface area contributed by atoms with Crippen LogP contribution in [0.1, 0.15) is 72.3 Å². The SMILES string of the molecule is C=CCCN(CCC)CCN(CCNC=O)CCc1ccc(NC/N=C(NC2CCCC2C(=O)NC(C)C)\C(=C/N=C)C(F)(F)F)cc1.CC. The summed E-state index contributed by atoms with van der Waals surface area (Å²) in [5, 5.41) is 11.6. The minimum Gasteiger partial charge on any atom is -0.366 e. The van der Waals surface area contributed by atoms with Gasteiger partial charge in [0.1, 0.15) is 18.1 Å². The highest BCUT2D eigenvalue weighted by Gasteiger charge is 2.40. The van der Waals surface area contributed by atoms with E-state index in [1.807, 2.05) is 58.0 Å². The minimum absolute atomic E-state index is 0.0725. The van der Waals surface area contributed by atoms with Gasteiger partial charge in [-0.2, -0.15) is 13.2 Å². The maximum Gasteiger partial charge on any atom is 0.421 e. The number of nitrogens with zero attached hydrogens (tertiary/aromatic N) is 4. The maximum atomic E-state index is 14.0. The highest BCUT2D eigenvalue weighted by molar-refractivity contribution is 6.00. The summed E-state index contributed by atoms with van der Waals surface area (Å²) >= 11 is 0. The lowest BCUT2D eigenvalue weighted by Crippen LogP contribution is -2.47. The van der Waals surface area contributed by atoms with Crippen molar-refractivity contribution in [3.63, 3.8) is 0 Å². The van der Waals surface area contributed by atoms with E-state index in [0.29, 0.717) is 31.3 Å². The Kier molecular flexibility index (Phi) is 22.4. The molecule has 0 saturated heterocycles. The van der Waals surface area contributed by atoms with Crippen molar-refractivity contribution in [2.45, 2.75) is 91.4 Å². The van der Waals surface area contributed by atoms with Crippen LogP contribution in [0.3, 0.4) is 0 Å². The number of anilines is 1. The molecule has 13 heteroatoms. The summed E-state index contributed by atoms with van der Waals surface area (Å²) < 4.78 is 42.1. The third-order valence-electron chi connectivity index (χ3n) is 8.16. The Hall–Kier alpha value is -3.71. The Bertz CT molecular complexity index is 1190. The molecule has 282 valence electrons. The number of carbonyl (C=O) groups is 2. The lowest BCUT2D eigenvalue weighted by Gasteiger charge is -2.27. The summed E-state index contributed by atoms with van der Waals surface area (Å²) in [6.45, 7) is 22.7. The van der Waals surface area contributed by atoms with Crippen molar-refractivity contribution < 1.29 is 22.8 Å². The van der Waals surface area contributed by atoms with Crippen molar-refractivity contribution in [3.05, 3.63) is 54.3 Å². The first kappa shape index (κ1) is 44.3. The molecule has 4 N–H and O–H groups in total. The van der Waals surface area contributed by atoms with Crippen molar-refractivity contribution in [1.29, 1.82) is 0 Å². The van der Waals surface area contributed by atoms with E-state index in [1.165, 1.54) is 0 Å². The summed E-state index contributed by atoms with van der Waals surface area (Å²) in [5.74, 6) is -1.02. The van der Waals surface area contributed by atoms with Gasteiger partial charge in [0.15, 0.2) is 0 Å². The van der Waals surface area contributed by atoms with E-state index in [0.717, 1.165) is 76.9 Å². The van der Waals surface area contributed by atoms with Gasteiger partial charge in [-0.1, -0.05) is 45.4 Å². The molecule has 0 heterocycles. The van der Waals surface area contributed by atoms with Crippen LogP contribution in [-0.2, 0) is 16.0 Å². The Balaban J connectivity index is 0.00000613. The van der Waals surface area contributed by atoms with Crippen LogP contribution in [0.2, 0.25) is 0 Å². The van der Waals surface area contributed by atoms with Gasteiger partial charge in [0, 0.05) is 63.2 Å². The zero-order valence-electron chi connectivity index (χ0n) is 30.8. The lowest BCUT2D eigenvalue weighted by molar-refractivity contribution is -0.125. The van der Waals surface area contributed by atoms with E-state index in [1.54, 1.807) is 0 Å². The fourth-order valence-electron chi connectivity index (χ4n) is 5.69. The first-order chi connectivity index (χ1) is 24.0. The second-order valence-corrected chi connectivity index (χ2v) is 12.3. The molecule has 0 aromatic heterocycles. The quantitative estimate of drug-likeness (QED) is 0.0377. The first-order valence-corrected chi connectivity index (χ1v) is 17.9. The number of benzene rings is 1. The Morgan fingerprint density at radius 1 is 1.04 bits per heavy atom. The van der Waals surface area contributed by atoms with Crippen LogP contribution < -0.4 is 21.3 Å². The molecule has 1 aromatic carbocycles. The molecule has 1 aromatic rings. The molecule has 1 saturated carbocycles. The molecule has 10 nitrogen and oxygen atoms in total. The van der Waals surface area contributed by atoms with Gasteiger partial charge in [0.05, 0.1) is 5.92 Å². The number of amidine groups is 1. The number of rotatable bonds is 23. The Morgan fingerprint density at radius 3 is 2.30 bits per heavy atom. The van der Waals surface area contributed by atoms with Crippen LogP contribution >= 0.6 is 0 Å². The minimum atomic E-state index is -4.72. The van der Waals surface area contributed by atoms with Crippen LogP contribution in [0.25, 0.3) is 0 Å². The van der Waals surface area contributed by atoms with Gasteiger partial charge < -0.3 is 26.2 Å². The zero-order valence-corrected chi connectivity index (χ0v) is 30.8. The van der Waals surface area contributed by atoms with Gasteiger partial charge in [-0.15, -0.1) is 6.58 Å². The largest absolute Gasteiger partial charge is 0.421 e. The number of aliphatic imine (C=N–C) groups is 2. The van der Waals surface area contributed by atoms with E-state index in [2.05, 4.69) is 61.3 Å². The highest BCUT2D eigenvalue weighted by Crippen LogP contribution is 2.30. The molecule has 2 unspecified atom stereocenters. The third kappa shape index (κ3) is 17.3. The van der Waals surface area contributed by atoms with Crippen molar-refractivity contribution in [3.8, 4) is 0 Å². The molecule has 50 heavy (non-hydrogen) atoms. The predicted molar refractivity (Wildman–Crippen MR) is 201 cm³/mol. The molecule has 2 amide bonds. The van der Waals surface area contributed by atoms with Gasteiger partial charge in [-0.3, -0.25) is 19.5 Å². The van der Waals surface area contributed by atoms with Gasteiger partial charge in [-0.25, -0.2) is 4.99 Å². The second kappa shape index (κ2) is 25.3. The Labute approximate surface area is 298 Å². The molecule has 1 aliphatic carbocycles. The van der Waals surface area contributed by atoms with Gasteiger partial charge in [0.2, 0.25) is 12.3 Å². The molecule has 2 atom stereocenters. The first-order valence-electron chi connectivity index (χ1n) is 17.9. The molecular weight excluding hydrogens is 645 g/mol. The van der Waals surface area contributed by atoms with Crippen molar-refractivity contribution in [2.24, 2.45) is 15.9 Å². The molecule has 0 aliphatic heterocycles. The van der Waals surface area contributed by atoms with E-state index in [4.69, 9.17) is 0 Å². The number of halogens is 3. The van der Waals surface area contributed by atoms with Gasteiger partial charge in [-0.05, 0) is 76.9 Å². The average Bonchev–Trinajstić information content (AvgIpc) is 3.55. The monoisotopic (exact) mass is 706 g/mol. The van der Waals surface area contributed by atoms with Crippen LogP contribution in [0.4, 0.5) is 18.9 Å². The topological polar surface area (TPSA) is 113 Å². The zero-order chi connectivity index (χ0) is 37.4. The molecule has 1 fully saturated rings. The molecule has 0 radical (unpaired) electrons. The summed E-state index contributed by atoms with van der Waals surface area (Å²) in [7, 11) is 0. The molecular formula is C37H61F3N8O2. The van der Waals surface area contributed by atoms with Crippen molar-refractivity contribution in [2.75, 3.05) is 57.8 Å². The number of carbonyl (C=O) groups excluding carboxylic acids is 2. The number of amides is 2. The van der Waals surface area contributed by atoms with Gasteiger partial charge >= 0.3 is 6.18 Å². The molecule has 1 aliphatic rings. The fourth-order valence-corrected chi connectivity index (χ4v) is 5.69. The van der Waals surface area contributed by atoms with Crippen LogP contribution in [0.5, 0.6) is 0 Å². The van der Waals surface area contributed by atoms with Crippen LogP contribution in [0.15, 0.2) is 58.7 Å².